The van der Waals surface area contributed by atoms with Crippen LogP contribution in [0.4, 0.5) is 17.3 Å². The summed E-state index contributed by atoms with van der Waals surface area (Å²) in [4.78, 5) is 17.9. The average Bonchev–Trinajstić information content (AvgIpc) is 2.88. The Hall–Kier alpha value is -2.57. The van der Waals surface area contributed by atoms with E-state index >= 15 is 0 Å². The SMILES string of the molecule is CCN(c1ccc(NC(=O)c2nc(N)n[nH]2)cc1)C(C)C. The average molecular weight is 288 g/mol. The van der Waals surface area contributed by atoms with Crippen LogP contribution < -0.4 is 16.0 Å². The van der Waals surface area contributed by atoms with Gasteiger partial charge >= 0.3 is 0 Å². The second-order valence-electron chi connectivity index (χ2n) is 4.92. The topological polar surface area (TPSA) is 99.9 Å². The Bertz CT molecular complexity index is 604. The maximum Gasteiger partial charge on any atom is 0.293 e. The summed E-state index contributed by atoms with van der Waals surface area (Å²) in [5.41, 5.74) is 7.18. The predicted octanol–water partition coefficient (Wildman–Crippen LogP) is 1.87. The molecule has 112 valence electrons. The molecule has 0 atom stereocenters. The third-order valence-corrected chi connectivity index (χ3v) is 3.14. The first-order valence-corrected chi connectivity index (χ1v) is 6.87. The number of carbonyl (C=O) groups is 1. The highest BCUT2D eigenvalue weighted by atomic mass is 16.2. The molecule has 1 aromatic carbocycles. The van der Waals surface area contributed by atoms with E-state index in [0.717, 1.165) is 12.2 Å². The second-order valence-corrected chi connectivity index (χ2v) is 4.92. The minimum Gasteiger partial charge on any atom is -0.369 e. The fourth-order valence-electron chi connectivity index (χ4n) is 2.15. The van der Waals surface area contributed by atoms with Gasteiger partial charge in [0, 0.05) is 24.0 Å². The summed E-state index contributed by atoms with van der Waals surface area (Å²) in [6, 6.07) is 8.10. The first-order chi connectivity index (χ1) is 10.0. The van der Waals surface area contributed by atoms with Crippen molar-refractivity contribution in [2.24, 2.45) is 0 Å². The van der Waals surface area contributed by atoms with Gasteiger partial charge in [-0.25, -0.2) is 0 Å². The molecule has 7 heteroatoms. The minimum absolute atomic E-state index is 0.0472. The van der Waals surface area contributed by atoms with Crippen molar-refractivity contribution in [3.05, 3.63) is 30.1 Å². The molecule has 0 bridgehead atoms. The highest BCUT2D eigenvalue weighted by molar-refractivity contribution is 6.01. The van der Waals surface area contributed by atoms with Crippen LogP contribution in [0.3, 0.4) is 0 Å². The Labute approximate surface area is 123 Å². The quantitative estimate of drug-likeness (QED) is 0.780. The smallest absolute Gasteiger partial charge is 0.293 e. The number of nitrogens with one attached hydrogen (secondary N) is 2. The number of rotatable bonds is 5. The van der Waals surface area contributed by atoms with E-state index in [4.69, 9.17) is 5.73 Å². The van der Waals surface area contributed by atoms with Gasteiger partial charge in [-0.1, -0.05) is 0 Å². The van der Waals surface area contributed by atoms with E-state index in [1.807, 2.05) is 24.3 Å². The molecule has 1 amide bonds. The van der Waals surface area contributed by atoms with Crippen molar-refractivity contribution in [3.8, 4) is 0 Å². The van der Waals surface area contributed by atoms with E-state index in [-0.39, 0.29) is 17.7 Å². The van der Waals surface area contributed by atoms with E-state index in [9.17, 15) is 4.79 Å². The van der Waals surface area contributed by atoms with Gasteiger partial charge in [-0.05, 0) is 45.0 Å². The molecular formula is C14H20N6O. The van der Waals surface area contributed by atoms with Crippen LogP contribution in [0.1, 0.15) is 31.4 Å². The van der Waals surface area contributed by atoms with Gasteiger partial charge in [0.2, 0.25) is 11.8 Å². The normalized spacial score (nSPS) is 10.7. The van der Waals surface area contributed by atoms with Crippen molar-refractivity contribution in [1.29, 1.82) is 0 Å². The minimum atomic E-state index is -0.372. The lowest BCUT2D eigenvalue weighted by Gasteiger charge is -2.27. The fourth-order valence-corrected chi connectivity index (χ4v) is 2.15. The second kappa shape index (κ2) is 6.25. The number of H-pyrrole nitrogens is 1. The standard InChI is InChI=1S/C14H20N6O/c1-4-20(9(2)3)11-7-5-10(6-8-11)16-13(21)12-17-14(15)19-18-12/h5-9H,4H2,1-3H3,(H,16,21)(H3,15,17,18,19). The predicted molar refractivity (Wildman–Crippen MR) is 83.3 cm³/mol. The fraction of sp³-hybridized carbons (Fsp3) is 0.357. The molecule has 0 saturated heterocycles. The van der Waals surface area contributed by atoms with Crippen molar-refractivity contribution in [2.45, 2.75) is 26.8 Å². The lowest BCUT2D eigenvalue weighted by atomic mass is 10.2. The van der Waals surface area contributed by atoms with Gasteiger partial charge in [0.1, 0.15) is 0 Å². The van der Waals surface area contributed by atoms with E-state index in [0.29, 0.717) is 11.7 Å². The van der Waals surface area contributed by atoms with Crippen LogP contribution in [-0.2, 0) is 0 Å². The molecule has 0 saturated carbocycles. The third kappa shape index (κ3) is 3.50. The molecule has 4 N–H and O–H groups in total. The zero-order chi connectivity index (χ0) is 15.4. The van der Waals surface area contributed by atoms with Crippen LogP contribution >= 0.6 is 0 Å². The number of aromatic amines is 1. The van der Waals surface area contributed by atoms with Crippen molar-refractivity contribution in [2.75, 3.05) is 22.5 Å². The van der Waals surface area contributed by atoms with Gasteiger partial charge in [0.15, 0.2) is 0 Å². The Morgan fingerprint density at radius 2 is 2.05 bits per heavy atom. The molecule has 7 nitrogen and oxygen atoms in total. The highest BCUT2D eigenvalue weighted by Crippen LogP contribution is 2.20. The van der Waals surface area contributed by atoms with E-state index in [1.165, 1.54) is 0 Å². The Morgan fingerprint density at radius 1 is 1.38 bits per heavy atom. The summed E-state index contributed by atoms with van der Waals surface area (Å²) in [6.07, 6.45) is 0. The molecule has 0 fully saturated rings. The first-order valence-electron chi connectivity index (χ1n) is 6.87. The number of benzene rings is 1. The van der Waals surface area contributed by atoms with Crippen molar-refractivity contribution in [1.82, 2.24) is 15.2 Å². The summed E-state index contributed by atoms with van der Waals surface area (Å²) in [5, 5.41) is 8.83. The number of nitrogens with two attached hydrogens (primary N) is 1. The number of hydrogen-bond acceptors (Lipinski definition) is 5. The van der Waals surface area contributed by atoms with Crippen LogP contribution in [0.15, 0.2) is 24.3 Å². The summed E-state index contributed by atoms with van der Waals surface area (Å²) in [6.45, 7) is 7.34. The van der Waals surface area contributed by atoms with Crippen LogP contribution in [0.2, 0.25) is 0 Å². The van der Waals surface area contributed by atoms with Crippen molar-refractivity contribution in [3.63, 3.8) is 0 Å². The van der Waals surface area contributed by atoms with Crippen LogP contribution in [0.25, 0.3) is 0 Å². The molecule has 2 aromatic rings. The maximum atomic E-state index is 11.9. The molecule has 0 radical (unpaired) electrons. The molecule has 0 unspecified atom stereocenters. The van der Waals surface area contributed by atoms with Crippen LogP contribution in [-0.4, -0.2) is 33.7 Å². The third-order valence-electron chi connectivity index (χ3n) is 3.14. The number of anilines is 3. The molecule has 0 spiro atoms. The Kier molecular flexibility index (Phi) is 4.42. The largest absolute Gasteiger partial charge is 0.369 e. The molecular weight excluding hydrogens is 268 g/mol. The van der Waals surface area contributed by atoms with E-state index in [2.05, 4.69) is 46.2 Å². The van der Waals surface area contributed by atoms with Crippen LogP contribution in [0, 0.1) is 0 Å². The number of hydrogen-bond donors (Lipinski definition) is 3. The number of nitrogens with zero attached hydrogens (tertiary/aromatic N) is 3. The molecule has 0 aliphatic carbocycles. The van der Waals surface area contributed by atoms with Crippen molar-refractivity contribution >= 4 is 23.2 Å². The molecule has 1 aromatic heterocycles. The molecule has 2 rings (SSSR count). The number of carbonyl (C=O) groups excluding carboxylic acids is 1. The summed E-state index contributed by atoms with van der Waals surface area (Å²) in [5.74, 6) is -0.233. The number of amides is 1. The first kappa shape index (κ1) is 14.8. The van der Waals surface area contributed by atoms with Gasteiger partial charge in [-0.2, -0.15) is 4.98 Å². The zero-order valence-electron chi connectivity index (χ0n) is 12.4. The van der Waals surface area contributed by atoms with E-state index in [1.54, 1.807) is 0 Å². The summed E-state index contributed by atoms with van der Waals surface area (Å²) >= 11 is 0. The summed E-state index contributed by atoms with van der Waals surface area (Å²) < 4.78 is 0. The van der Waals surface area contributed by atoms with E-state index < -0.39 is 0 Å². The monoisotopic (exact) mass is 288 g/mol. The van der Waals surface area contributed by atoms with Crippen LogP contribution in [0.5, 0.6) is 0 Å². The van der Waals surface area contributed by atoms with Crippen molar-refractivity contribution < 1.29 is 4.79 Å². The van der Waals surface area contributed by atoms with Gasteiger partial charge < -0.3 is 16.0 Å². The summed E-state index contributed by atoms with van der Waals surface area (Å²) in [7, 11) is 0. The Balaban J connectivity index is 2.07. The van der Waals surface area contributed by atoms with Gasteiger partial charge in [-0.15, -0.1) is 5.10 Å². The maximum absolute atomic E-state index is 11.9. The number of aromatic nitrogens is 3. The highest BCUT2D eigenvalue weighted by Gasteiger charge is 2.12. The van der Waals surface area contributed by atoms with Gasteiger partial charge in [0.05, 0.1) is 0 Å². The molecule has 21 heavy (non-hydrogen) atoms. The lowest BCUT2D eigenvalue weighted by molar-refractivity contribution is 0.101. The molecule has 1 heterocycles. The zero-order valence-corrected chi connectivity index (χ0v) is 12.4. The molecule has 0 aliphatic heterocycles. The Morgan fingerprint density at radius 3 is 2.52 bits per heavy atom. The molecule has 0 aliphatic rings. The number of nitrogen functional groups attached to an aromatic ring is 1. The lowest BCUT2D eigenvalue weighted by Crippen LogP contribution is -2.30. The van der Waals surface area contributed by atoms with Gasteiger partial charge in [0.25, 0.3) is 5.91 Å². The van der Waals surface area contributed by atoms with Gasteiger partial charge in [-0.3, -0.25) is 9.89 Å².